The third-order valence-corrected chi connectivity index (χ3v) is 2.63. The molecule has 5 nitrogen and oxygen atoms in total. The van der Waals surface area contributed by atoms with Gasteiger partial charge in [0.2, 0.25) is 0 Å². The Balaban J connectivity index is 1.78. The van der Waals surface area contributed by atoms with E-state index in [1.807, 2.05) is 0 Å². The maximum Gasteiger partial charge on any atom is 0.426 e. The van der Waals surface area contributed by atoms with Crippen molar-refractivity contribution < 1.29 is 9.20 Å². The van der Waals surface area contributed by atoms with Crippen LogP contribution in [0.15, 0.2) is 15.5 Å². The monoisotopic (exact) mass is 198 g/mol. The summed E-state index contributed by atoms with van der Waals surface area (Å²) in [4.78, 5) is 13.1. The Hall–Kier alpha value is -1.10. The van der Waals surface area contributed by atoms with Gasteiger partial charge in [0.05, 0.1) is 6.54 Å². The highest BCUT2D eigenvalue weighted by Gasteiger charge is 2.13. The molecule has 1 aromatic heterocycles. The highest BCUT2D eigenvalue weighted by Crippen LogP contribution is 2.07. The lowest BCUT2D eigenvalue weighted by atomic mass is 10.1. The van der Waals surface area contributed by atoms with Gasteiger partial charge in [-0.3, -0.25) is 9.42 Å². The molecule has 0 amide bonds. The van der Waals surface area contributed by atoms with Crippen molar-refractivity contribution in [3.8, 4) is 0 Å². The molecule has 78 valence electrons. The van der Waals surface area contributed by atoms with Crippen LogP contribution in [0.3, 0.4) is 0 Å². The molecule has 5 heteroatoms. The number of piperidine rings is 1. The van der Waals surface area contributed by atoms with Gasteiger partial charge in [0.15, 0.2) is 6.54 Å². The third-order valence-electron chi connectivity index (χ3n) is 2.63. The molecule has 2 heterocycles. The van der Waals surface area contributed by atoms with Gasteiger partial charge in [0.1, 0.15) is 0 Å². The molecular formula is C9H16N3O2+. The highest BCUT2D eigenvalue weighted by atomic mass is 16.5. The first-order valence-electron chi connectivity index (χ1n) is 5.15. The van der Waals surface area contributed by atoms with Crippen molar-refractivity contribution in [3.63, 3.8) is 0 Å². The van der Waals surface area contributed by atoms with Crippen LogP contribution in [-0.4, -0.2) is 29.8 Å². The number of aromatic nitrogens is 2. The summed E-state index contributed by atoms with van der Waals surface area (Å²) in [7, 11) is 0. The molecule has 1 aromatic rings. The quantitative estimate of drug-likeness (QED) is 0.681. The van der Waals surface area contributed by atoms with Crippen LogP contribution in [0.4, 0.5) is 0 Å². The molecule has 1 aliphatic rings. The van der Waals surface area contributed by atoms with Crippen molar-refractivity contribution >= 4 is 0 Å². The van der Waals surface area contributed by atoms with E-state index in [0.29, 0.717) is 0 Å². The summed E-state index contributed by atoms with van der Waals surface area (Å²) < 4.78 is 6.26. The van der Waals surface area contributed by atoms with Crippen LogP contribution < -0.4 is 10.3 Å². The number of aromatic amines is 1. The zero-order valence-electron chi connectivity index (χ0n) is 8.24. The first-order valence-corrected chi connectivity index (χ1v) is 5.15. The number of likely N-dealkylation sites (tertiary alicyclic amines) is 1. The SMILES string of the molecule is O=c1c[n+](CCN2CCCCC2)[nH]o1. The fourth-order valence-corrected chi connectivity index (χ4v) is 1.83. The zero-order chi connectivity index (χ0) is 9.80. The molecule has 0 bridgehead atoms. The smallest absolute Gasteiger partial charge is 0.297 e. The lowest BCUT2D eigenvalue weighted by Gasteiger charge is -2.24. The Morgan fingerprint density at radius 3 is 2.86 bits per heavy atom. The van der Waals surface area contributed by atoms with Crippen LogP contribution in [0.25, 0.3) is 0 Å². The maximum absolute atomic E-state index is 10.7. The van der Waals surface area contributed by atoms with Crippen LogP contribution in [0.5, 0.6) is 0 Å². The number of rotatable bonds is 3. The number of nitrogens with zero attached hydrogens (tertiary/aromatic N) is 2. The van der Waals surface area contributed by atoms with Crippen molar-refractivity contribution in [1.82, 2.24) is 10.2 Å². The zero-order valence-corrected chi connectivity index (χ0v) is 8.24. The van der Waals surface area contributed by atoms with E-state index in [2.05, 4.69) is 14.7 Å². The van der Waals surface area contributed by atoms with Gasteiger partial charge in [-0.1, -0.05) is 11.1 Å². The second kappa shape index (κ2) is 4.41. The van der Waals surface area contributed by atoms with Crippen LogP contribution >= 0.6 is 0 Å². The van der Waals surface area contributed by atoms with E-state index in [9.17, 15) is 4.79 Å². The van der Waals surface area contributed by atoms with Gasteiger partial charge in [-0.25, -0.2) is 4.79 Å². The maximum atomic E-state index is 10.7. The molecule has 1 aliphatic heterocycles. The van der Waals surface area contributed by atoms with E-state index in [4.69, 9.17) is 0 Å². The second-order valence-corrected chi connectivity index (χ2v) is 3.74. The van der Waals surface area contributed by atoms with Crippen molar-refractivity contribution in [2.45, 2.75) is 25.8 Å². The molecule has 1 fully saturated rings. The van der Waals surface area contributed by atoms with Gasteiger partial charge in [-0.15, -0.1) is 0 Å². The Labute approximate surface area is 82.3 Å². The molecule has 0 spiro atoms. The number of hydrogen-bond acceptors (Lipinski definition) is 3. The fourth-order valence-electron chi connectivity index (χ4n) is 1.83. The predicted molar refractivity (Wildman–Crippen MR) is 49.8 cm³/mol. The summed E-state index contributed by atoms with van der Waals surface area (Å²) in [6.07, 6.45) is 5.40. The standard InChI is InChI=1S/C9H15N3O2/c13-9-8-12(10-14-9)7-6-11-4-2-1-3-5-11/h8H,1-7H2/p+1. The van der Waals surface area contributed by atoms with Crippen LogP contribution in [0.2, 0.25) is 0 Å². The molecular weight excluding hydrogens is 182 g/mol. The molecule has 0 saturated carbocycles. The molecule has 1 N–H and O–H groups in total. The van der Waals surface area contributed by atoms with E-state index >= 15 is 0 Å². The van der Waals surface area contributed by atoms with Crippen molar-refractivity contribution in [3.05, 3.63) is 16.6 Å². The lowest BCUT2D eigenvalue weighted by molar-refractivity contribution is -0.761. The molecule has 14 heavy (non-hydrogen) atoms. The number of nitrogens with one attached hydrogen (secondary N) is 1. The molecule has 2 rings (SSSR count). The average molecular weight is 198 g/mol. The summed E-state index contributed by atoms with van der Waals surface area (Å²) in [5, 5.41) is 2.55. The number of hydrogen-bond donors (Lipinski definition) is 1. The topological polar surface area (TPSA) is 53.1 Å². The van der Waals surface area contributed by atoms with Crippen molar-refractivity contribution in [2.75, 3.05) is 19.6 Å². The summed E-state index contributed by atoms with van der Waals surface area (Å²) >= 11 is 0. The van der Waals surface area contributed by atoms with Gasteiger partial charge >= 0.3 is 5.63 Å². The molecule has 1 saturated heterocycles. The van der Waals surface area contributed by atoms with Crippen molar-refractivity contribution in [2.24, 2.45) is 0 Å². The molecule has 0 aliphatic carbocycles. The summed E-state index contributed by atoms with van der Waals surface area (Å²) in [6.45, 7) is 4.15. The normalized spacial score (nSPS) is 18.6. The second-order valence-electron chi connectivity index (χ2n) is 3.74. The van der Waals surface area contributed by atoms with E-state index in [0.717, 1.165) is 13.1 Å². The first-order chi connectivity index (χ1) is 6.84. The van der Waals surface area contributed by atoms with E-state index in [-0.39, 0.29) is 5.63 Å². The summed E-state index contributed by atoms with van der Waals surface area (Å²) in [5.41, 5.74) is -0.316. The van der Waals surface area contributed by atoms with E-state index in [1.54, 1.807) is 4.68 Å². The van der Waals surface area contributed by atoms with Gasteiger partial charge < -0.3 is 0 Å². The van der Waals surface area contributed by atoms with Gasteiger partial charge in [0, 0.05) is 0 Å². The Morgan fingerprint density at radius 1 is 1.43 bits per heavy atom. The number of H-pyrrole nitrogens is 1. The summed E-state index contributed by atoms with van der Waals surface area (Å²) in [6, 6.07) is 0. The Kier molecular flexibility index (Phi) is 2.98. The van der Waals surface area contributed by atoms with Gasteiger partial charge in [0.25, 0.3) is 6.20 Å². The summed E-state index contributed by atoms with van der Waals surface area (Å²) in [5.74, 6) is 0. The van der Waals surface area contributed by atoms with Gasteiger partial charge in [-0.2, -0.15) is 0 Å². The third kappa shape index (κ3) is 2.45. The minimum absolute atomic E-state index is 0.316. The van der Waals surface area contributed by atoms with Crippen LogP contribution in [0.1, 0.15) is 19.3 Å². The van der Waals surface area contributed by atoms with E-state index in [1.165, 1.54) is 38.5 Å². The minimum Gasteiger partial charge on any atom is -0.297 e. The van der Waals surface area contributed by atoms with Crippen LogP contribution in [-0.2, 0) is 6.54 Å². The highest BCUT2D eigenvalue weighted by molar-refractivity contribution is 4.62. The van der Waals surface area contributed by atoms with E-state index < -0.39 is 0 Å². The lowest BCUT2D eigenvalue weighted by Crippen LogP contribution is -2.43. The first kappa shape index (κ1) is 9.45. The average Bonchev–Trinajstić information content (AvgIpc) is 2.63. The van der Waals surface area contributed by atoms with Crippen LogP contribution in [0, 0.1) is 0 Å². The van der Waals surface area contributed by atoms with Crippen molar-refractivity contribution in [1.29, 1.82) is 0 Å². The molecule has 0 unspecified atom stereocenters. The molecule has 0 radical (unpaired) electrons. The largest absolute Gasteiger partial charge is 0.426 e. The Bertz CT molecular complexity index is 325. The molecule has 0 atom stereocenters. The predicted octanol–water partition coefficient (Wildman–Crippen LogP) is -0.259. The molecule has 0 aromatic carbocycles. The fraction of sp³-hybridized carbons (Fsp3) is 0.778. The van der Waals surface area contributed by atoms with Gasteiger partial charge in [-0.05, 0) is 31.2 Å². The minimum atomic E-state index is -0.316. The Morgan fingerprint density at radius 2 is 2.21 bits per heavy atom.